The quantitative estimate of drug-likeness (QED) is 0.505. The van der Waals surface area contributed by atoms with Crippen LogP contribution in [0.1, 0.15) is 6.42 Å². The van der Waals surface area contributed by atoms with E-state index >= 15 is 0 Å². The third kappa shape index (κ3) is 4.85. The molecule has 1 fully saturated rings. The lowest BCUT2D eigenvalue weighted by atomic mass is 10.2. The van der Waals surface area contributed by atoms with E-state index < -0.39 is 10.0 Å². The van der Waals surface area contributed by atoms with Crippen LogP contribution in [0.25, 0.3) is 0 Å². The maximum absolute atomic E-state index is 11.3. The number of nitrogens with one attached hydrogen (secondary N) is 1. The first-order valence-electron chi connectivity index (χ1n) is 6.93. The number of rotatable bonds is 6. The van der Waals surface area contributed by atoms with E-state index in [9.17, 15) is 8.42 Å². The average molecular weight is 314 g/mol. The van der Waals surface area contributed by atoms with Crippen LogP contribution < -0.4 is 16.2 Å². The lowest BCUT2D eigenvalue weighted by Crippen LogP contribution is -2.37. The molecule has 2 rings (SSSR count). The lowest BCUT2D eigenvalue weighted by molar-refractivity contribution is 0.0378. The Morgan fingerprint density at radius 2 is 2.00 bits per heavy atom. The number of nitrogen functional groups attached to an aromatic ring is 1. The monoisotopic (exact) mass is 314 g/mol. The molecule has 0 atom stereocenters. The molecule has 0 bridgehead atoms. The summed E-state index contributed by atoms with van der Waals surface area (Å²) in [6.45, 7) is 5.39. The van der Waals surface area contributed by atoms with Gasteiger partial charge in [-0.05, 0) is 31.2 Å². The van der Waals surface area contributed by atoms with Crippen LogP contribution in [0.4, 0.5) is 11.4 Å². The van der Waals surface area contributed by atoms with Crippen molar-refractivity contribution < 1.29 is 13.2 Å². The number of benzene rings is 1. The molecule has 0 spiro atoms. The minimum Gasteiger partial charge on any atom is -0.398 e. The number of ether oxygens (including phenoxy) is 1. The van der Waals surface area contributed by atoms with Gasteiger partial charge in [-0.1, -0.05) is 0 Å². The number of nitrogens with two attached hydrogens (primary N) is 2. The number of morpholine rings is 1. The molecule has 1 saturated heterocycles. The maximum atomic E-state index is 11.3. The second-order valence-corrected chi connectivity index (χ2v) is 6.56. The summed E-state index contributed by atoms with van der Waals surface area (Å²) in [7, 11) is -3.76. The largest absolute Gasteiger partial charge is 0.398 e. The molecule has 118 valence electrons. The molecule has 0 saturated carbocycles. The van der Waals surface area contributed by atoms with Gasteiger partial charge in [0, 0.05) is 25.3 Å². The Morgan fingerprint density at radius 3 is 2.62 bits per heavy atom. The van der Waals surface area contributed by atoms with E-state index in [1.807, 2.05) is 0 Å². The molecule has 0 amide bonds. The summed E-state index contributed by atoms with van der Waals surface area (Å²) < 4.78 is 27.8. The summed E-state index contributed by atoms with van der Waals surface area (Å²) in [6.07, 6.45) is 0.997. The van der Waals surface area contributed by atoms with E-state index in [2.05, 4.69) is 10.2 Å². The standard InChI is InChI=1S/C13H22N4O3S/c14-12-10-11(2-3-13(12)21(15,18)19)16-4-1-5-17-6-8-20-9-7-17/h2-3,10,16H,1,4-9,14H2,(H2,15,18,19). The van der Waals surface area contributed by atoms with Gasteiger partial charge in [0.05, 0.1) is 18.9 Å². The molecular weight excluding hydrogens is 292 g/mol. The van der Waals surface area contributed by atoms with Gasteiger partial charge in [-0.15, -0.1) is 0 Å². The molecule has 1 aliphatic rings. The first-order valence-corrected chi connectivity index (χ1v) is 8.48. The van der Waals surface area contributed by atoms with Gasteiger partial charge in [0.15, 0.2) is 0 Å². The van der Waals surface area contributed by atoms with Crippen molar-refractivity contribution >= 4 is 21.4 Å². The highest BCUT2D eigenvalue weighted by Crippen LogP contribution is 2.21. The molecule has 7 nitrogen and oxygen atoms in total. The van der Waals surface area contributed by atoms with E-state index in [0.717, 1.165) is 51.5 Å². The number of hydrogen-bond acceptors (Lipinski definition) is 6. The fraction of sp³-hybridized carbons (Fsp3) is 0.538. The smallest absolute Gasteiger partial charge is 0.240 e. The molecule has 1 aliphatic heterocycles. The van der Waals surface area contributed by atoms with Crippen molar-refractivity contribution in [2.45, 2.75) is 11.3 Å². The minimum atomic E-state index is -3.76. The molecule has 0 unspecified atom stereocenters. The predicted molar refractivity (Wildman–Crippen MR) is 82.6 cm³/mol. The number of hydrogen-bond donors (Lipinski definition) is 3. The molecular formula is C13H22N4O3S. The number of sulfonamides is 1. The van der Waals surface area contributed by atoms with Gasteiger partial charge in [0.2, 0.25) is 10.0 Å². The van der Waals surface area contributed by atoms with Crippen molar-refractivity contribution in [3.05, 3.63) is 18.2 Å². The van der Waals surface area contributed by atoms with Crippen LogP contribution in [-0.2, 0) is 14.8 Å². The number of anilines is 2. The van der Waals surface area contributed by atoms with Crippen LogP contribution in [0.5, 0.6) is 0 Å². The second-order valence-electron chi connectivity index (χ2n) is 5.03. The highest BCUT2D eigenvalue weighted by atomic mass is 32.2. The number of nitrogens with zero attached hydrogens (tertiary/aromatic N) is 1. The van der Waals surface area contributed by atoms with E-state index in [1.165, 1.54) is 6.07 Å². The van der Waals surface area contributed by atoms with Crippen molar-refractivity contribution in [2.24, 2.45) is 5.14 Å². The highest BCUT2D eigenvalue weighted by molar-refractivity contribution is 7.89. The molecule has 0 radical (unpaired) electrons. The molecule has 21 heavy (non-hydrogen) atoms. The molecule has 5 N–H and O–H groups in total. The molecule has 1 aromatic carbocycles. The Balaban J connectivity index is 1.79. The average Bonchev–Trinajstić information content (AvgIpc) is 2.43. The topological polar surface area (TPSA) is 111 Å². The normalized spacial score (nSPS) is 16.8. The zero-order chi connectivity index (χ0) is 15.3. The fourth-order valence-corrected chi connectivity index (χ4v) is 2.92. The van der Waals surface area contributed by atoms with Gasteiger partial charge < -0.3 is 15.8 Å². The molecule has 0 aromatic heterocycles. The van der Waals surface area contributed by atoms with Crippen molar-refractivity contribution in [3.8, 4) is 0 Å². The summed E-state index contributed by atoms with van der Waals surface area (Å²) >= 11 is 0. The Hall–Kier alpha value is -1.35. The van der Waals surface area contributed by atoms with Crippen LogP contribution in [0, 0.1) is 0 Å². The summed E-state index contributed by atoms with van der Waals surface area (Å²) in [5.74, 6) is 0. The third-order valence-electron chi connectivity index (χ3n) is 3.40. The van der Waals surface area contributed by atoms with Crippen LogP contribution in [0.3, 0.4) is 0 Å². The van der Waals surface area contributed by atoms with Crippen LogP contribution in [0.2, 0.25) is 0 Å². The minimum absolute atomic E-state index is 0.0404. The Morgan fingerprint density at radius 1 is 1.29 bits per heavy atom. The highest BCUT2D eigenvalue weighted by Gasteiger charge is 2.12. The van der Waals surface area contributed by atoms with E-state index in [-0.39, 0.29) is 10.6 Å². The van der Waals surface area contributed by atoms with Crippen LogP contribution >= 0.6 is 0 Å². The summed E-state index contributed by atoms with van der Waals surface area (Å²) in [5.41, 5.74) is 6.66. The summed E-state index contributed by atoms with van der Waals surface area (Å²) in [6, 6.07) is 4.69. The van der Waals surface area contributed by atoms with Gasteiger partial charge in [0.1, 0.15) is 4.90 Å². The SMILES string of the molecule is Nc1cc(NCCCN2CCOCC2)ccc1S(N)(=O)=O. The van der Waals surface area contributed by atoms with Gasteiger partial charge in [0.25, 0.3) is 0 Å². The number of primary sulfonamides is 1. The van der Waals surface area contributed by atoms with Crippen LogP contribution in [0.15, 0.2) is 23.1 Å². The first kappa shape index (κ1) is 16.0. The van der Waals surface area contributed by atoms with Gasteiger partial charge >= 0.3 is 0 Å². The van der Waals surface area contributed by atoms with E-state index in [4.69, 9.17) is 15.6 Å². The fourth-order valence-electron chi connectivity index (χ4n) is 2.28. The summed E-state index contributed by atoms with van der Waals surface area (Å²) in [4.78, 5) is 2.32. The van der Waals surface area contributed by atoms with Gasteiger partial charge in [-0.2, -0.15) is 0 Å². The summed E-state index contributed by atoms with van der Waals surface area (Å²) in [5, 5.41) is 8.30. The Kier molecular flexibility index (Phi) is 5.40. The Bertz CT molecular complexity index is 571. The van der Waals surface area contributed by atoms with Gasteiger partial charge in [-0.25, -0.2) is 13.6 Å². The van der Waals surface area contributed by atoms with E-state index in [1.54, 1.807) is 12.1 Å². The van der Waals surface area contributed by atoms with Crippen molar-refractivity contribution in [1.29, 1.82) is 0 Å². The molecule has 8 heteroatoms. The van der Waals surface area contributed by atoms with Crippen LogP contribution in [-0.4, -0.2) is 52.7 Å². The third-order valence-corrected chi connectivity index (χ3v) is 4.39. The van der Waals surface area contributed by atoms with Crippen molar-refractivity contribution in [3.63, 3.8) is 0 Å². The van der Waals surface area contributed by atoms with Crippen molar-refractivity contribution in [1.82, 2.24) is 4.90 Å². The van der Waals surface area contributed by atoms with E-state index in [0.29, 0.717) is 0 Å². The zero-order valence-electron chi connectivity index (χ0n) is 11.9. The molecule has 1 heterocycles. The zero-order valence-corrected chi connectivity index (χ0v) is 12.7. The van der Waals surface area contributed by atoms with Gasteiger partial charge in [-0.3, -0.25) is 4.90 Å². The van der Waals surface area contributed by atoms with Crippen molar-refractivity contribution in [2.75, 3.05) is 50.4 Å². The maximum Gasteiger partial charge on any atom is 0.240 e. The first-order chi connectivity index (χ1) is 9.97. The molecule has 1 aromatic rings. The Labute approximate surface area is 125 Å². The molecule has 0 aliphatic carbocycles. The predicted octanol–water partition coefficient (Wildman–Crippen LogP) is 0.0504. The lowest BCUT2D eigenvalue weighted by Gasteiger charge is -2.26. The second kappa shape index (κ2) is 7.08.